The topological polar surface area (TPSA) is 143 Å². The number of hydrogen-bond donors (Lipinski definition) is 3. The first-order chi connectivity index (χ1) is 22.3. The molecule has 8 nitrogen and oxygen atoms in total. The number of carbonyl (C=O) groups is 5. The predicted molar refractivity (Wildman–Crippen MR) is 196 cm³/mol. The Morgan fingerprint density at radius 1 is 0.617 bits per heavy atom. The minimum absolute atomic E-state index is 0.00283. The maximum Gasteiger partial charge on any atom is 0.211 e. The molecule has 0 aliphatic heterocycles. The minimum atomic E-state index is -1.67. The number of carbonyl (C=O) groups excluding carboxylic acids is 5. The third-order valence-corrected chi connectivity index (χ3v) is 6.27. The van der Waals surface area contributed by atoms with Crippen LogP contribution in [0.1, 0.15) is 49.8 Å². The first kappa shape index (κ1) is 46.5. The van der Waals surface area contributed by atoms with Gasteiger partial charge in [-0.05, 0) is 36.0 Å². The van der Waals surface area contributed by atoms with Gasteiger partial charge < -0.3 is 10.2 Å². The molecule has 0 unspecified atom stereocenters. The lowest BCUT2D eigenvalue weighted by Gasteiger charge is -1.99. The Labute approximate surface area is 298 Å². The highest BCUT2D eigenvalue weighted by Gasteiger charge is 2.04. The summed E-state index contributed by atoms with van der Waals surface area (Å²) in [6.07, 6.45) is 3.59. The van der Waals surface area contributed by atoms with E-state index >= 15 is 0 Å². The van der Waals surface area contributed by atoms with Gasteiger partial charge >= 0.3 is 0 Å². The van der Waals surface area contributed by atoms with Gasteiger partial charge in [0.1, 0.15) is 19.0 Å². The van der Waals surface area contributed by atoms with Crippen LogP contribution < -0.4 is 0 Å². The minimum Gasteiger partial charge on any atom is -0.389 e. The molecule has 13 heteroatoms. The van der Waals surface area contributed by atoms with Crippen molar-refractivity contribution >= 4 is 82.6 Å². The summed E-state index contributed by atoms with van der Waals surface area (Å²) in [5.74, 6) is 0.249. The van der Waals surface area contributed by atoms with Crippen molar-refractivity contribution in [2.75, 3.05) is 19.0 Å². The molecule has 0 aliphatic rings. The summed E-state index contributed by atoms with van der Waals surface area (Å²) in [6.45, 7) is 2.19. The van der Waals surface area contributed by atoms with Crippen LogP contribution >= 0.6 is 45.8 Å². The van der Waals surface area contributed by atoms with Crippen LogP contribution in [0.15, 0.2) is 91.0 Å². The fourth-order valence-corrected chi connectivity index (χ4v) is 3.71. The lowest BCUT2D eigenvalue weighted by molar-refractivity contribution is -0.122. The fraction of sp³-hybridized carbons (Fsp3) is 0.324. The Kier molecular flexibility index (Phi) is 31.6. The van der Waals surface area contributed by atoms with Gasteiger partial charge in [-0.2, -0.15) is 0 Å². The van der Waals surface area contributed by atoms with Gasteiger partial charge in [0, 0.05) is 54.5 Å². The summed E-state index contributed by atoms with van der Waals surface area (Å²) in [5, 5.41) is 16.8. The van der Waals surface area contributed by atoms with Crippen LogP contribution in [0, 0.1) is 0 Å². The molecule has 2 N–H and O–H groups in total. The Hall–Kier alpha value is -2.64. The summed E-state index contributed by atoms with van der Waals surface area (Å²) in [5.41, 5.74) is 3.44. The highest BCUT2D eigenvalue weighted by atomic mass is 36.0. The van der Waals surface area contributed by atoms with Crippen LogP contribution in [0.4, 0.5) is 0 Å². The first-order valence-electron chi connectivity index (χ1n) is 14.3. The Balaban J connectivity index is 0. The summed E-state index contributed by atoms with van der Waals surface area (Å²) in [4.78, 5) is 52.8. The van der Waals surface area contributed by atoms with Crippen molar-refractivity contribution in [1.82, 2.24) is 0 Å². The summed E-state index contributed by atoms with van der Waals surface area (Å²) in [7, 11) is 7.36. The zero-order valence-corrected chi connectivity index (χ0v) is 30.4. The summed E-state index contributed by atoms with van der Waals surface area (Å²) >= 11 is 4.41. The van der Waals surface area contributed by atoms with Gasteiger partial charge in [-0.15, -0.1) is 12.6 Å². The van der Waals surface area contributed by atoms with E-state index in [4.69, 9.17) is 14.4 Å². The fourth-order valence-electron chi connectivity index (χ4n) is 3.20. The number of thioether (sulfide) groups is 1. The van der Waals surface area contributed by atoms with Crippen LogP contribution in [0.3, 0.4) is 0 Å². The molecule has 258 valence electrons. The van der Waals surface area contributed by atoms with Gasteiger partial charge in [0.15, 0.2) is 21.8 Å². The van der Waals surface area contributed by atoms with E-state index < -0.39 is 9.23 Å². The lowest BCUT2D eigenvalue weighted by Crippen LogP contribution is -2.04. The molecule has 3 aromatic carbocycles. The molecule has 47 heavy (non-hydrogen) atoms. The molecule has 0 heterocycles. The molecule has 3 aromatic rings. The normalized spacial score (nSPS) is 9.45. The van der Waals surface area contributed by atoms with Gasteiger partial charge in [0.25, 0.3) is 0 Å². The van der Waals surface area contributed by atoms with Crippen molar-refractivity contribution < 1.29 is 38.4 Å². The average molecular weight is 746 g/mol. The SMILES string of the molecule is CC(=O)S.CC(=O)SCC(=O)CCc1ccccc1.O=C(CO)CCc1ccccc1.O=C(CO)CCc1ccccc1.O=S(Cl)Cl. The van der Waals surface area contributed by atoms with Crippen molar-refractivity contribution in [2.45, 2.75) is 52.4 Å². The molecule has 0 amide bonds. The van der Waals surface area contributed by atoms with Crippen molar-refractivity contribution in [3.05, 3.63) is 108 Å². The molecule has 0 spiro atoms. The maximum atomic E-state index is 11.3. The highest BCUT2D eigenvalue weighted by Crippen LogP contribution is 2.07. The average Bonchev–Trinajstić information content (AvgIpc) is 3.05. The molecule has 0 saturated carbocycles. The van der Waals surface area contributed by atoms with Crippen LogP contribution in [-0.2, 0) is 52.5 Å². The van der Waals surface area contributed by atoms with Crippen molar-refractivity contribution in [2.24, 2.45) is 0 Å². The van der Waals surface area contributed by atoms with Gasteiger partial charge in [0.05, 0.1) is 5.75 Å². The highest BCUT2D eigenvalue weighted by molar-refractivity contribution is 8.26. The molecule has 0 aliphatic carbocycles. The number of benzene rings is 3. The Morgan fingerprint density at radius 2 is 0.872 bits per heavy atom. The molecular formula is C34H42Cl2O8S3. The second-order valence-electron chi connectivity index (χ2n) is 9.37. The Bertz CT molecular complexity index is 1240. The molecule has 0 atom stereocenters. The third-order valence-electron chi connectivity index (χ3n) is 5.40. The van der Waals surface area contributed by atoms with E-state index in [9.17, 15) is 24.0 Å². The molecule has 0 radical (unpaired) electrons. The molecule has 0 aromatic heterocycles. The lowest BCUT2D eigenvalue weighted by atomic mass is 10.1. The van der Waals surface area contributed by atoms with E-state index in [1.165, 1.54) is 19.4 Å². The first-order valence-corrected chi connectivity index (χ1v) is 18.5. The molecule has 0 saturated heterocycles. The van der Waals surface area contributed by atoms with E-state index in [0.29, 0.717) is 25.0 Å². The monoisotopic (exact) mass is 744 g/mol. The number of aryl methyl sites for hydroxylation is 3. The third kappa shape index (κ3) is 36.0. The van der Waals surface area contributed by atoms with Gasteiger partial charge in [-0.1, -0.05) is 103 Å². The zero-order valence-electron chi connectivity index (χ0n) is 26.4. The molecule has 3 rings (SSSR count). The van der Waals surface area contributed by atoms with Crippen molar-refractivity contribution in [1.29, 1.82) is 0 Å². The number of hydrogen-bond acceptors (Lipinski definition) is 9. The summed E-state index contributed by atoms with van der Waals surface area (Å²) < 4.78 is 9.09. The van der Waals surface area contributed by atoms with E-state index in [2.05, 4.69) is 34.0 Å². The van der Waals surface area contributed by atoms with Gasteiger partial charge in [0.2, 0.25) is 9.23 Å². The number of thiol groups is 1. The maximum absolute atomic E-state index is 11.3. The largest absolute Gasteiger partial charge is 0.389 e. The van der Waals surface area contributed by atoms with E-state index in [1.807, 2.05) is 91.0 Å². The van der Waals surface area contributed by atoms with Crippen LogP contribution in [0.25, 0.3) is 0 Å². The number of aliphatic hydroxyl groups is 2. The van der Waals surface area contributed by atoms with Crippen LogP contribution in [-0.4, -0.2) is 61.0 Å². The number of halogens is 2. The van der Waals surface area contributed by atoms with E-state index in [-0.39, 0.29) is 40.8 Å². The second-order valence-corrected chi connectivity index (χ2v) is 13.7. The number of ketones is 3. The number of rotatable bonds is 13. The van der Waals surface area contributed by atoms with Gasteiger partial charge in [-0.25, -0.2) is 4.21 Å². The number of aliphatic hydroxyl groups excluding tert-OH is 2. The standard InChI is InChI=1S/C12H14O2S.2C10H12O2.C2H4OS.Cl2OS/c1-10(13)15-9-12(14)8-7-11-5-3-2-4-6-11;2*11-8-10(12)7-6-9-4-2-1-3-5-9;1-2(3)4;1-4(2)3/h2-6H,7-9H2,1H3;2*1-5,11H,6-8H2;1H3,(H,3,4);. The quantitative estimate of drug-likeness (QED) is 0.135. The predicted octanol–water partition coefficient (Wildman–Crippen LogP) is 6.33. The molecule has 0 fully saturated rings. The second kappa shape index (κ2) is 31.9. The van der Waals surface area contributed by atoms with Crippen molar-refractivity contribution in [3.63, 3.8) is 0 Å². The smallest absolute Gasteiger partial charge is 0.211 e. The summed E-state index contributed by atoms with van der Waals surface area (Å²) in [6, 6.07) is 29.5. The Morgan fingerprint density at radius 3 is 1.11 bits per heavy atom. The zero-order chi connectivity index (χ0) is 35.9. The molecule has 0 bridgehead atoms. The van der Waals surface area contributed by atoms with E-state index in [1.54, 1.807) is 0 Å². The number of Topliss-reactive ketones (excluding diaryl/α,β-unsaturated/α-hetero) is 3. The van der Waals surface area contributed by atoms with E-state index in [0.717, 1.165) is 42.2 Å². The van der Waals surface area contributed by atoms with Crippen LogP contribution in [0.5, 0.6) is 0 Å². The molecular weight excluding hydrogens is 703 g/mol. The van der Waals surface area contributed by atoms with Crippen molar-refractivity contribution in [3.8, 4) is 0 Å². The van der Waals surface area contributed by atoms with Crippen LogP contribution in [0.2, 0.25) is 0 Å². The van der Waals surface area contributed by atoms with Gasteiger partial charge in [-0.3, -0.25) is 24.0 Å².